The molecule has 0 aliphatic carbocycles. The topological polar surface area (TPSA) is 21.3 Å². The summed E-state index contributed by atoms with van der Waals surface area (Å²) in [6.07, 6.45) is 5.10. The molecule has 0 aromatic heterocycles. The molecule has 0 aromatic rings. The Hall–Kier alpha value is -0.0800. The van der Waals surface area contributed by atoms with Gasteiger partial charge in [-0.1, -0.05) is 33.6 Å². The second-order valence-electron chi connectivity index (χ2n) is 4.25. The van der Waals surface area contributed by atoms with Crippen LogP contribution in [0.5, 0.6) is 0 Å². The molecular weight excluding hydrogens is 174 g/mol. The van der Waals surface area contributed by atoms with Crippen LogP contribution in [0.2, 0.25) is 0 Å². The normalized spacial score (nSPS) is 11.1. The number of nitrogens with one attached hydrogen (secondary N) is 1. The van der Waals surface area contributed by atoms with E-state index in [1.165, 1.54) is 25.7 Å². The van der Waals surface area contributed by atoms with Gasteiger partial charge in [0.05, 0.1) is 6.61 Å². The van der Waals surface area contributed by atoms with E-state index in [1.807, 2.05) is 0 Å². The minimum atomic E-state index is 0.757. The van der Waals surface area contributed by atoms with Crippen LogP contribution in [0.4, 0.5) is 0 Å². The van der Waals surface area contributed by atoms with E-state index in [2.05, 4.69) is 26.1 Å². The van der Waals surface area contributed by atoms with E-state index in [4.69, 9.17) is 4.74 Å². The molecule has 0 saturated heterocycles. The van der Waals surface area contributed by atoms with Crippen LogP contribution in [-0.4, -0.2) is 26.3 Å². The fourth-order valence-corrected chi connectivity index (χ4v) is 1.19. The predicted molar refractivity (Wildman–Crippen MR) is 62.7 cm³/mol. The summed E-state index contributed by atoms with van der Waals surface area (Å²) >= 11 is 0. The van der Waals surface area contributed by atoms with Gasteiger partial charge in [0.25, 0.3) is 0 Å². The molecule has 0 fully saturated rings. The Kier molecular flexibility index (Phi) is 10.9. The zero-order valence-electron chi connectivity index (χ0n) is 10.1. The fraction of sp³-hybridized carbons (Fsp3) is 1.00. The molecule has 14 heavy (non-hydrogen) atoms. The van der Waals surface area contributed by atoms with Crippen LogP contribution in [-0.2, 0) is 4.74 Å². The molecule has 2 heteroatoms. The van der Waals surface area contributed by atoms with Crippen molar-refractivity contribution >= 4 is 0 Å². The monoisotopic (exact) mass is 201 g/mol. The quantitative estimate of drug-likeness (QED) is 0.549. The van der Waals surface area contributed by atoms with E-state index < -0.39 is 0 Å². The first kappa shape index (κ1) is 13.9. The lowest BCUT2D eigenvalue weighted by Gasteiger charge is -2.07. The van der Waals surface area contributed by atoms with Crippen LogP contribution in [0, 0.1) is 5.92 Å². The van der Waals surface area contributed by atoms with Gasteiger partial charge in [0.2, 0.25) is 0 Å². The second-order valence-corrected chi connectivity index (χ2v) is 4.25. The summed E-state index contributed by atoms with van der Waals surface area (Å²) in [5.41, 5.74) is 0. The summed E-state index contributed by atoms with van der Waals surface area (Å²) < 4.78 is 5.49. The van der Waals surface area contributed by atoms with Crippen molar-refractivity contribution in [2.45, 2.75) is 46.5 Å². The summed E-state index contributed by atoms with van der Waals surface area (Å²) in [7, 11) is 0. The van der Waals surface area contributed by atoms with Crippen molar-refractivity contribution in [2.24, 2.45) is 5.92 Å². The first-order valence-corrected chi connectivity index (χ1v) is 6.05. The van der Waals surface area contributed by atoms with Crippen molar-refractivity contribution in [1.82, 2.24) is 5.32 Å². The lowest BCUT2D eigenvalue weighted by molar-refractivity contribution is 0.125. The molecule has 0 spiro atoms. The number of hydrogen-bond acceptors (Lipinski definition) is 2. The van der Waals surface area contributed by atoms with Crippen molar-refractivity contribution in [3.63, 3.8) is 0 Å². The van der Waals surface area contributed by atoms with Crippen LogP contribution < -0.4 is 5.32 Å². The molecule has 0 heterocycles. The standard InChI is InChI=1S/C12H27NO/c1-4-5-6-8-13-9-11-14-10-7-12(2)3/h12-13H,4-11H2,1-3H3. The molecule has 0 atom stereocenters. The van der Waals surface area contributed by atoms with Crippen molar-refractivity contribution in [2.75, 3.05) is 26.3 Å². The number of unbranched alkanes of at least 4 members (excludes halogenated alkanes) is 2. The van der Waals surface area contributed by atoms with Gasteiger partial charge in [-0.25, -0.2) is 0 Å². The smallest absolute Gasteiger partial charge is 0.0590 e. The molecule has 0 bridgehead atoms. The maximum atomic E-state index is 5.49. The average Bonchev–Trinajstić information content (AvgIpc) is 2.15. The SMILES string of the molecule is CCCCCNCCOCCC(C)C. The van der Waals surface area contributed by atoms with Gasteiger partial charge in [-0.3, -0.25) is 0 Å². The highest BCUT2D eigenvalue weighted by Gasteiger charge is 1.93. The van der Waals surface area contributed by atoms with Crippen molar-refractivity contribution < 1.29 is 4.74 Å². The molecule has 1 N–H and O–H groups in total. The largest absolute Gasteiger partial charge is 0.380 e. The van der Waals surface area contributed by atoms with Gasteiger partial charge in [-0.15, -0.1) is 0 Å². The Balaban J connectivity index is 2.85. The Labute approximate surface area is 89.4 Å². The van der Waals surface area contributed by atoms with Crippen LogP contribution in [0.25, 0.3) is 0 Å². The molecule has 0 aromatic carbocycles. The van der Waals surface area contributed by atoms with Gasteiger partial charge in [0, 0.05) is 13.2 Å². The van der Waals surface area contributed by atoms with E-state index in [0.29, 0.717) is 0 Å². The van der Waals surface area contributed by atoms with E-state index in [-0.39, 0.29) is 0 Å². The second kappa shape index (κ2) is 11.0. The predicted octanol–water partition coefficient (Wildman–Crippen LogP) is 2.83. The third-order valence-corrected chi connectivity index (χ3v) is 2.22. The van der Waals surface area contributed by atoms with E-state index in [9.17, 15) is 0 Å². The lowest BCUT2D eigenvalue weighted by atomic mass is 10.1. The van der Waals surface area contributed by atoms with Gasteiger partial charge in [-0.2, -0.15) is 0 Å². The molecule has 0 unspecified atom stereocenters. The Morgan fingerprint density at radius 1 is 1.07 bits per heavy atom. The zero-order valence-corrected chi connectivity index (χ0v) is 10.1. The van der Waals surface area contributed by atoms with E-state index >= 15 is 0 Å². The fourth-order valence-electron chi connectivity index (χ4n) is 1.19. The Morgan fingerprint density at radius 2 is 1.86 bits per heavy atom. The first-order valence-electron chi connectivity index (χ1n) is 6.05. The number of hydrogen-bond donors (Lipinski definition) is 1. The number of rotatable bonds is 10. The van der Waals surface area contributed by atoms with Crippen LogP contribution in [0.3, 0.4) is 0 Å². The van der Waals surface area contributed by atoms with Crippen molar-refractivity contribution in [1.29, 1.82) is 0 Å². The molecule has 2 nitrogen and oxygen atoms in total. The van der Waals surface area contributed by atoms with E-state index in [1.54, 1.807) is 0 Å². The Morgan fingerprint density at radius 3 is 2.50 bits per heavy atom. The molecule has 0 aliphatic heterocycles. The van der Waals surface area contributed by atoms with Gasteiger partial charge in [-0.05, 0) is 25.3 Å². The highest BCUT2D eigenvalue weighted by Crippen LogP contribution is 1.98. The van der Waals surface area contributed by atoms with E-state index in [0.717, 1.165) is 32.2 Å². The van der Waals surface area contributed by atoms with Crippen molar-refractivity contribution in [3.8, 4) is 0 Å². The van der Waals surface area contributed by atoms with Gasteiger partial charge in [0.15, 0.2) is 0 Å². The first-order chi connectivity index (χ1) is 6.77. The molecule has 0 amide bonds. The molecule has 0 rings (SSSR count). The maximum absolute atomic E-state index is 5.49. The van der Waals surface area contributed by atoms with Crippen molar-refractivity contribution in [3.05, 3.63) is 0 Å². The van der Waals surface area contributed by atoms with Crippen LogP contribution >= 0.6 is 0 Å². The third kappa shape index (κ3) is 11.9. The van der Waals surface area contributed by atoms with Gasteiger partial charge >= 0.3 is 0 Å². The number of ether oxygens (including phenoxy) is 1. The summed E-state index contributed by atoms with van der Waals surface area (Å²) in [4.78, 5) is 0. The maximum Gasteiger partial charge on any atom is 0.0590 e. The lowest BCUT2D eigenvalue weighted by Crippen LogP contribution is -2.21. The van der Waals surface area contributed by atoms with Crippen LogP contribution in [0.15, 0.2) is 0 Å². The Bertz CT molecular complexity index is 104. The molecular formula is C12H27NO. The highest BCUT2D eigenvalue weighted by atomic mass is 16.5. The highest BCUT2D eigenvalue weighted by molar-refractivity contribution is 4.48. The summed E-state index contributed by atoms with van der Waals surface area (Å²) in [6, 6.07) is 0. The summed E-state index contributed by atoms with van der Waals surface area (Å²) in [5, 5.41) is 3.38. The third-order valence-electron chi connectivity index (χ3n) is 2.22. The zero-order chi connectivity index (χ0) is 10.6. The summed E-state index contributed by atoms with van der Waals surface area (Å²) in [5.74, 6) is 0.757. The minimum absolute atomic E-state index is 0.757. The molecule has 0 saturated carbocycles. The van der Waals surface area contributed by atoms with Gasteiger partial charge < -0.3 is 10.1 Å². The van der Waals surface area contributed by atoms with Gasteiger partial charge in [0.1, 0.15) is 0 Å². The molecule has 0 radical (unpaired) electrons. The van der Waals surface area contributed by atoms with Crippen LogP contribution in [0.1, 0.15) is 46.5 Å². The summed E-state index contributed by atoms with van der Waals surface area (Å²) in [6.45, 7) is 10.6. The molecule has 86 valence electrons. The molecule has 0 aliphatic rings. The minimum Gasteiger partial charge on any atom is -0.380 e. The average molecular weight is 201 g/mol.